The van der Waals surface area contributed by atoms with E-state index in [-0.39, 0.29) is 5.57 Å². The SMILES string of the molecule is CCOc1ccc(/C=C(\C#N)C(=O)Nc2sc3c(c2C(N)=O)CCC3)cc1OC. The molecule has 1 aromatic carbocycles. The second kappa shape index (κ2) is 8.80. The number of methoxy groups -OCH3 is 1. The lowest BCUT2D eigenvalue weighted by Crippen LogP contribution is -2.18. The Bertz CT molecular complexity index is 1030. The molecule has 2 aromatic rings. The Morgan fingerprint density at radius 2 is 2.14 bits per heavy atom. The van der Waals surface area contributed by atoms with Crippen LogP contribution in [0.25, 0.3) is 6.08 Å². The van der Waals surface area contributed by atoms with Crippen LogP contribution >= 0.6 is 11.3 Å². The summed E-state index contributed by atoms with van der Waals surface area (Å²) >= 11 is 1.35. The zero-order valence-electron chi connectivity index (χ0n) is 16.2. The summed E-state index contributed by atoms with van der Waals surface area (Å²) in [5.41, 5.74) is 7.31. The predicted octanol–water partition coefficient (Wildman–Crippen LogP) is 3.29. The summed E-state index contributed by atoms with van der Waals surface area (Å²) in [6.45, 7) is 2.36. The van der Waals surface area contributed by atoms with E-state index in [0.717, 1.165) is 29.7 Å². The molecule has 29 heavy (non-hydrogen) atoms. The lowest BCUT2D eigenvalue weighted by molar-refractivity contribution is -0.112. The number of ether oxygens (including phenoxy) is 2. The van der Waals surface area contributed by atoms with E-state index in [1.807, 2.05) is 13.0 Å². The van der Waals surface area contributed by atoms with Crippen LogP contribution in [-0.2, 0) is 17.6 Å². The first-order chi connectivity index (χ1) is 14.0. The maximum atomic E-state index is 12.7. The maximum Gasteiger partial charge on any atom is 0.266 e. The molecule has 1 aromatic heterocycles. The minimum atomic E-state index is -0.595. The third-order valence-corrected chi connectivity index (χ3v) is 5.77. The molecule has 1 aliphatic rings. The van der Waals surface area contributed by atoms with Gasteiger partial charge in [0.05, 0.1) is 19.3 Å². The molecule has 3 N–H and O–H groups in total. The highest BCUT2D eigenvalue weighted by molar-refractivity contribution is 7.17. The second-order valence-corrected chi connectivity index (χ2v) is 7.50. The van der Waals surface area contributed by atoms with Crippen molar-refractivity contribution in [1.29, 1.82) is 5.26 Å². The zero-order chi connectivity index (χ0) is 21.0. The van der Waals surface area contributed by atoms with E-state index >= 15 is 0 Å². The van der Waals surface area contributed by atoms with E-state index < -0.39 is 11.8 Å². The van der Waals surface area contributed by atoms with Crippen molar-refractivity contribution in [3.05, 3.63) is 45.3 Å². The summed E-state index contributed by atoms with van der Waals surface area (Å²) in [7, 11) is 1.52. The van der Waals surface area contributed by atoms with E-state index in [2.05, 4.69) is 5.32 Å². The average Bonchev–Trinajstić information content (AvgIpc) is 3.27. The minimum absolute atomic E-state index is 0.0970. The number of primary amides is 1. The molecule has 0 bridgehead atoms. The highest BCUT2D eigenvalue weighted by atomic mass is 32.1. The number of hydrogen-bond donors (Lipinski definition) is 2. The molecule has 1 aliphatic carbocycles. The van der Waals surface area contributed by atoms with E-state index in [9.17, 15) is 14.9 Å². The first-order valence-corrected chi connectivity index (χ1v) is 9.98. The van der Waals surface area contributed by atoms with Gasteiger partial charge in [0, 0.05) is 4.88 Å². The van der Waals surface area contributed by atoms with Crippen LogP contribution in [-0.4, -0.2) is 25.5 Å². The number of nitrogens with two attached hydrogens (primary N) is 1. The summed E-state index contributed by atoms with van der Waals surface area (Å²) in [6, 6.07) is 7.04. The van der Waals surface area contributed by atoms with Crippen LogP contribution in [0.1, 0.15) is 39.7 Å². The van der Waals surface area contributed by atoms with Crippen LogP contribution in [0.3, 0.4) is 0 Å². The Kier molecular flexibility index (Phi) is 6.20. The molecule has 0 aliphatic heterocycles. The van der Waals surface area contributed by atoms with Gasteiger partial charge in [-0.1, -0.05) is 6.07 Å². The number of nitrogens with zero attached hydrogens (tertiary/aromatic N) is 1. The molecule has 0 fully saturated rings. The number of fused-ring (bicyclic) bond motifs is 1. The van der Waals surface area contributed by atoms with Crippen LogP contribution in [0.4, 0.5) is 5.00 Å². The van der Waals surface area contributed by atoms with Gasteiger partial charge >= 0.3 is 0 Å². The lowest BCUT2D eigenvalue weighted by atomic mass is 10.1. The van der Waals surface area contributed by atoms with Crippen LogP contribution in [0.5, 0.6) is 11.5 Å². The molecule has 7 nitrogen and oxygen atoms in total. The number of carbonyl (C=O) groups is 2. The predicted molar refractivity (Wildman–Crippen MR) is 111 cm³/mol. The van der Waals surface area contributed by atoms with Gasteiger partial charge in [-0.2, -0.15) is 5.26 Å². The monoisotopic (exact) mass is 411 g/mol. The number of anilines is 1. The van der Waals surface area contributed by atoms with Crippen LogP contribution in [0.15, 0.2) is 23.8 Å². The number of aryl methyl sites for hydroxylation is 1. The number of thiophene rings is 1. The number of carbonyl (C=O) groups excluding carboxylic acids is 2. The van der Waals surface area contributed by atoms with Crippen LogP contribution < -0.4 is 20.5 Å². The summed E-state index contributed by atoms with van der Waals surface area (Å²) in [5, 5.41) is 12.6. The molecular formula is C21H21N3O4S. The first kappa shape index (κ1) is 20.4. The van der Waals surface area contributed by atoms with Crippen molar-refractivity contribution in [3.63, 3.8) is 0 Å². The van der Waals surface area contributed by atoms with Gasteiger partial charge < -0.3 is 20.5 Å². The van der Waals surface area contributed by atoms with Crippen molar-refractivity contribution < 1.29 is 19.1 Å². The zero-order valence-corrected chi connectivity index (χ0v) is 17.0. The largest absolute Gasteiger partial charge is 0.493 e. The normalized spacial score (nSPS) is 12.8. The van der Waals surface area contributed by atoms with E-state index in [1.165, 1.54) is 24.5 Å². The Labute approximate surface area is 172 Å². The van der Waals surface area contributed by atoms with Gasteiger partial charge in [-0.05, 0) is 55.5 Å². The fraction of sp³-hybridized carbons (Fsp3) is 0.286. The highest BCUT2D eigenvalue weighted by Gasteiger charge is 2.26. The Hall–Kier alpha value is -3.31. The molecule has 0 spiro atoms. The molecule has 8 heteroatoms. The quantitative estimate of drug-likeness (QED) is 0.536. The fourth-order valence-electron chi connectivity index (χ4n) is 3.29. The number of benzene rings is 1. The summed E-state index contributed by atoms with van der Waals surface area (Å²) in [4.78, 5) is 25.6. The molecule has 0 radical (unpaired) electrons. The molecule has 0 saturated heterocycles. The molecule has 0 atom stereocenters. The molecule has 0 unspecified atom stereocenters. The van der Waals surface area contributed by atoms with Crippen LogP contribution in [0.2, 0.25) is 0 Å². The van der Waals surface area contributed by atoms with Crippen molar-refractivity contribution >= 4 is 34.2 Å². The molecule has 150 valence electrons. The van der Waals surface area contributed by atoms with Crippen molar-refractivity contribution in [3.8, 4) is 17.6 Å². The third kappa shape index (κ3) is 4.25. The Morgan fingerprint density at radius 1 is 1.34 bits per heavy atom. The number of nitriles is 1. The summed E-state index contributed by atoms with van der Waals surface area (Å²) in [5.74, 6) is -0.0838. The van der Waals surface area contributed by atoms with Gasteiger partial charge in [0.1, 0.15) is 16.6 Å². The van der Waals surface area contributed by atoms with E-state index in [0.29, 0.717) is 34.2 Å². The molecule has 2 amide bonds. The average molecular weight is 411 g/mol. The smallest absolute Gasteiger partial charge is 0.266 e. The second-order valence-electron chi connectivity index (χ2n) is 6.39. The summed E-state index contributed by atoms with van der Waals surface area (Å²) in [6.07, 6.45) is 4.06. The van der Waals surface area contributed by atoms with Crippen molar-refractivity contribution in [1.82, 2.24) is 0 Å². The Morgan fingerprint density at radius 3 is 2.79 bits per heavy atom. The van der Waals surface area contributed by atoms with E-state index in [4.69, 9.17) is 15.2 Å². The van der Waals surface area contributed by atoms with Gasteiger partial charge in [0.2, 0.25) is 0 Å². The number of amides is 2. The van der Waals surface area contributed by atoms with Crippen molar-refractivity contribution in [2.75, 3.05) is 19.0 Å². The van der Waals surface area contributed by atoms with Gasteiger partial charge in [0.25, 0.3) is 11.8 Å². The van der Waals surface area contributed by atoms with Gasteiger partial charge in [-0.15, -0.1) is 11.3 Å². The van der Waals surface area contributed by atoms with E-state index in [1.54, 1.807) is 18.2 Å². The van der Waals surface area contributed by atoms with Crippen molar-refractivity contribution in [2.24, 2.45) is 5.73 Å². The first-order valence-electron chi connectivity index (χ1n) is 9.16. The minimum Gasteiger partial charge on any atom is -0.493 e. The standard InChI is InChI=1S/C21H21N3O4S/c1-3-28-15-8-7-12(10-16(15)27-2)9-13(11-22)20(26)24-21-18(19(23)25)14-5-4-6-17(14)29-21/h7-10H,3-6H2,1-2H3,(H2,23,25)(H,24,26)/b13-9+. The van der Waals surface area contributed by atoms with Gasteiger partial charge in [0.15, 0.2) is 11.5 Å². The highest BCUT2D eigenvalue weighted by Crippen LogP contribution is 2.39. The maximum absolute atomic E-state index is 12.7. The van der Waals surface area contributed by atoms with Gasteiger partial charge in [-0.25, -0.2) is 0 Å². The Balaban J connectivity index is 1.87. The topological polar surface area (TPSA) is 114 Å². The van der Waals surface area contributed by atoms with Gasteiger partial charge in [-0.3, -0.25) is 9.59 Å². The molecule has 0 saturated carbocycles. The fourth-order valence-corrected chi connectivity index (χ4v) is 4.58. The van der Waals surface area contributed by atoms with Crippen LogP contribution in [0, 0.1) is 11.3 Å². The number of rotatable bonds is 7. The molecule has 3 rings (SSSR count). The number of hydrogen-bond acceptors (Lipinski definition) is 6. The third-order valence-electron chi connectivity index (χ3n) is 4.56. The molecule has 1 heterocycles. The lowest BCUT2D eigenvalue weighted by Gasteiger charge is -2.10. The number of nitrogens with one attached hydrogen (secondary N) is 1. The van der Waals surface area contributed by atoms with Crippen molar-refractivity contribution in [2.45, 2.75) is 26.2 Å². The summed E-state index contributed by atoms with van der Waals surface area (Å²) < 4.78 is 10.8. The molecular weight excluding hydrogens is 390 g/mol.